The van der Waals surface area contributed by atoms with Gasteiger partial charge in [-0.05, 0) is 24.1 Å². The van der Waals surface area contributed by atoms with Crippen molar-refractivity contribution in [2.24, 2.45) is 11.7 Å². The molecule has 3 N–H and O–H groups in total. The van der Waals surface area contributed by atoms with Crippen LogP contribution in [0.1, 0.15) is 36.2 Å². The molecule has 0 radical (unpaired) electrons. The summed E-state index contributed by atoms with van der Waals surface area (Å²) in [5.74, 6) is -3.48. The Hall–Kier alpha value is -2.12. The van der Waals surface area contributed by atoms with E-state index in [2.05, 4.69) is 5.32 Å². The minimum Gasteiger partial charge on any atom is -0.368 e. The molecule has 0 spiro atoms. The van der Waals surface area contributed by atoms with Gasteiger partial charge in [-0.1, -0.05) is 20.3 Å². The maximum absolute atomic E-state index is 13.2. The number of rotatable bonds is 5. The first-order chi connectivity index (χ1) is 10.1. The average Bonchev–Trinajstić information content (AvgIpc) is 2.42. The molecule has 0 bridgehead atoms. The molecule has 0 heterocycles. The zero-order chi connectivity index (χ0) is 17.1. The first-order valence-electron chi connectivity index (χ1n) is 6.54. The summed E-state index contributed by atoms with van der Waals surface area (Å²) in [5.41, 5.74) is 3.23. The van der Waals surface area contributed by atoms with Crippen molar-refractivity contribution in [3.05, 3.63) is 35.1 Å². The molecule has 1 aromatic rings. The van der Waals surface area contributed by atoms with E-state index in [0.717, 1.165) is 6.07 Å². The lowest BCUT2D eigenvalue weighted by atomic mass is 9.98. The Morgan fingerprint density at radius 1 is 1.32 bits per heavy atom. The monoisotopic (exact) mass is 320 g/mol. The number of primary amides is 1. The molecule has 1 aromatic carbocycles. The van der Waals surface area contributed by atoms with Crippen LogP contribution in [0.5, 0.6) is 0 Å². The first-order valence-corrected chi connectivity index (χ1v) is 6.54. The molecule has 22 heavy (non-hydrogen) atoms. The molecule has 122 valence electrons. The van der Waals surface area contributed by atoms with Crippen LogP contribution in [-0.4, -0.2) is 17.9 Å². The summed E-state index contributed by atoms with van der Waals surface area (Å²) in [5, 5.41) is 2.28. The SMILES string of the molecule is CCC(C)C(NC(=O)c1ccc(F)c(C(F)(F)F)c1)C(N)=O. The van der Waals surface area contributed by atoms with Crippen LogP contribution >= 0.6 is 0 Å². The van der Waals surface area contributed by atoms with E-state index in [1.54, 1.807) is 13.8 Å². The van der Waals surface area contributed by atoms with E-state index < -0.39 is 41.0 Å². The number of nitrogens with two attached hydrogens (primary N) is 1. The Bertz CT molecular complexity index is 572. The summed E-state index contributed by atoms with van der Waals surface area (Å²) < 4.78 is 51.0. The van der Waals surface area contributed by atoms with Gasteiger partial charge in [0, 0.05) is 5.56 Å². The molecule has 0 aliphatic rings. The number of benzene rings is 1. The molecular formula is C14H16F4N2O2. The van der Waals surface area contributed by atoms with Crippen molar-refractivity contribution in [2.45, 2.75) is 32.5 Å². The molecule has 0 aliphatic carbocycles. The Morgan fingerprint density at radius 2 is 1.91 bits per heavy atom. The van der Waals surface area contributed by atoms with Crippen molar-refractivity contribution in [1.82, 2.24) is 5.32 Å². The van der Waals surface area contributed by atoms with Gasteiger partial charge in [0.1, 0.15) is 11.9 Å². The fraction of sp³-hybridized carbons (Fsp3) is 0.429. The number of halogens is 4. The summed E-state index contributed by atoms with van der Waals surface area (Å²) in [4.78, 5) is 23.3. The highest BCUT2D eigenvalue weighted by Crippen LogP contribution is 2.31. The van der Waals surface area contributed by atoms with Crippen molar-refractivity contribution in [2.75, 3.05) is 0 Å². The van der Waals surface area contributed by atoms with Crippen molar-refractivity contribution in [3.63, 3.8) is 0 Å². The molecule has 2 atom stereocenters. The number of carbonyl (C=O) groups excluding carboxylic acids is 2. The molecule has 0 saturated heterocycles. The maximum Gasteiger partial charge on any atom is 0.419 e. The van der Waals surface area contributed by atoms with Crippen LogP contribution in [0.15, 0.2) is 18.2 Å². The third-order valence-corrected chi connectivity index (χ3v) is 3.34. The van der Waals surface area contributed by atoms with Crippen molar-refractivity contribution >= 4 is 11.8 Å². The van der Waals surface area contributed by atoms with Crippen molar-refractivity contribution in [3.8, 4) is 0 Å². The lowest BCUT2D eigenvalue weighted by Gasteiger charge is -2.21. The van der Waals surface area contributed by atoms with Gasteiger partial charge < -0.3 is 11.1 Å². The highest BCUT2D eigenvalue weighted by atomic mass is 19.4. The van der Waals surface area contributed by atoms with Gasteiger partial charge in [0.2, 0.25) is 5.91 Å². The Balaban J connectivity index is 3.06. The highest BCUT2D eigenvalue weighted by Gasteiger charge is 2.35. The second-order valence-corrected chi connectivity index (χ2v) is 4.93. The van der Waals surface area contributed by atoms with E-state index >= 15 is 0 Å². The number of hydrogen-bond donors (Lipinski definition) is 2. The molecule has 4 nitrogen and oxygen atoms in total. The summed E-state index contributed by atoms with van der Waals surface area (Å²) in [7, 11) is 0. The van der Waals surface area contributed by atoms with Gasteiger partial charge >= 0.3 is 6.18 Å². The van der Waals surface area contributed by atoms with E-state index in [0.29, 0.717) is 18.6 Å². The van der Waals surface area contributed by atoms with Gasteiger partial charge in [-0.2, -0.15) is 13.2 Å². The van der Waals surface area contributed by atoms with Gasteiger partial charge in [-0.15, -0.1) is 0 Å². The van der Waals surface area contributed by atoms with Crippen LogP contribution in [-0.2, 0) is 11.0 Å². The molecule has 2 unspecified atom stereocenters. The summed E-state index contributed by atoms with van der Waals surface area (Å²) >= 11 is 0. The number of alkyl halides is 3. The van der Waals surface area contributed by atoms with E-state index in [-0.39, 0.29) is 5.92 Å². The van der Waals surface area contributed by atoms with Gasteiger partial charge in [0.15, 0.2) is 0 Å². The Kier molecular flexibility index (Phi) is 5.51. The third-order valence-electron chi connectivity index (χ3n) is 3.34. The topological polar surface area (TPSA) is 72.2 Å². The minimum absolute atomic E-state index is 0.288. The summed E-state index contributed by atoms with van der Waals surface area (Å²) in [6, 6.07) is 0.852. The Labute approximate surface area is 124 Å². The van der Waals surface area contributed by atoms with Crippen LogP contribution < -0.4 is 11.1 Å². The van der Waals surface area contributed by atoms with E-state index in [1.807, 2.05) is 0 Å². The first kappa shape index (κ1) is 17.9. The van der Waals surface area contributed by atoms with Gasteiger partial charge in [-0.3, -0.25) is 9.59 Å². The second kappa shape index (κ2) is 6.76. The van der Waals surface area contributed by atoms with E-state index in [4.69, 9.17) is 5.73 Å². The van der Waals surface area contributed by atoms with Gasteiger partial charge in [0.25, 0.3) is 5.91 Å². The fourth-order valence-electron chi connectivity index (χ4n) is 1.84. The van der Waals surface area contributed by atoms with Gasteiger partial charge in [-0.25, -0.2) is 4.39 Å². The lowest BCUT2D eigenvalue weighted by molar-refractivity contribution is -0.140. The molecule has 8 heteroatoms. The normalized spacial score (nSPS) is 14.3. The highest BCUT2D eigenvalue weighted by molar-refractivity contribution is 5.97. The number of carbonyl (C=O) groups is 2. The van der Waals surface area contributed by atoms with Crippen molar-refractivity contribution < 1.29 is 27.2 Å². The zero-order valence-corrected chi connectivity index (χ0v) is 12.0. The number of amides is 2. The standard InChI is InChI=1S/C14H16F4N2O2/c1-3-7(2)11(12(19)21)20-13(22)8-4-5-10(15)9(6-8)14(16,17)18/h4-7,11H,3H2,1-2H3,(H2,19,21)(H,20,22). The van der Waals surface area contributed by atoms with Crippen LogP contribution in [0.3, 0.4) is 0 Å². The molecule has 1 rings (SSSR count). The molecule has 0 fully saturated rings. The van der Waals surface area contributed by atoms with Crippen LogP contribution in [0, 0.1) is 11.7 Å². The van der Waals surface area contributed by atoms with Crippen LogP contribution in [0.25, 0.3) is 0 Å². The Morgan fingerprint density at radius 3 is 2.36 bits per heavy atom. The van der Waals surface area contributed by atoms with Crippen LogP contribution in [0.4, 0.5) is 17.6 Å². The molecular weight excluding hydrogens is 304 g/mol. The van der Waals surface area contributed by atoms with E-state index in [9.17, 15) is 27.2 Å². The predicted octanol–water partition coefficient (Wildman–Crippen LogP) is 2.47. The molecule has 2 amide bonds. The zero-order valence-electron chi connectivity index (χ0n) is 12.0. The minimum atomic E-state index is -4.92. The fourth-order valence-corrected chi connectivity index (χ4v) is 1.84. The van der Waals surface area contributed by atoms with Crippen molar-refractivity contribution in [1.29, 1.82) is 0 Å². The smallest absolute Gasteiger partial charge is 0.368 e. The predicted molar refractivity (Wildman–Crippen MR) is 71.3 cm³/mol. The molecule has 0 aromatic heterocycles. The average molecular weight is 320 g/mol. The lowest BCUT2D eigenvalue weighted by Crippen LogP contribution is -2.48. The quantitative estimate of drug-likeness (QED) is 0.818. The van der Waals surface area contributed by atoms with Gasteiger partial charge in [0.05, 0.1) is 5.56 Å². The van der Waals surface area contributed by atoms with E-state index in [1.165, 1.54) is 0 Å². The largest absolute Gasteiger partial charge is 0.419 e. The molecule has 0 aliphatic heterocycles. The summed E-state index contributed by atoms with van der Waals surface area (Å²) in [6.45, 7) is 3.44. The maximum atomic E-state index is 13.2. The molecule has 0 saturated carbocycles. The van der Waals surface area contributed by atoms with Crippen LogP contribution in [0.2, 0.25) is 0 Å². The summed E-state index contributed by atoms with van der Waals surface area (Å²) in [6.07, 6.45) is -4.38. The second-order valence-electron chi connectivity index (χ2n) is 4.93. The number of hydrogen-bond acceptors (Lipinski definition) is 2. The number of nitrogens with one attached hydrogen (secondary N) is 1. The third kappa shape index (κ3) is 4.19.